The van der Waals surface area contributed by atoms with Crippen molar-refractivity contribution in [2.75, 3.05) is 36.5 Å². The third kappa shape index (κ3) is 8.21. The van der Waals surface area contributed by atoms with Gasteiger partial charge in [-0.1, -0.05) is 30.3 Å². The minimum atomic E-state index is -4.57. The van der Waals surface area contributed by atoms with Crippen LogP contribution in [0, 0.1) is 16.0 Å². The fourth-order valence-corrected chi connectivity index (χ4v) is 9.17. The summed E-state index contributed by atoms with van der Waals surface area (Å²) >= 11 is 0. The Balaban J connectivity index is 0.980. The van der Waals surface area contributed by atoms with E-state index in [1.165, 1.54) is 48.4 Å². The highest BCUT2D eigenvalue weighted by Crippen LogP contribution is 2.46. The van der Waals surface area contributed by atoms with Crippen LogP contribution in [0.25, 0.3) is 22.3 Å². The van der Waals surface area contributed by atoms with Gasteiger partial charge < -0.3 is 24.7 Å². The standard InChI is InChI=1S/C44H43N7O7S/c52-44(49-59(55,56)34-11-14-39(41(24-34)51(53)54)46-25-28-16-20-57-21-17-28)37-12-9-30(23-42(37)58-33-22-31-15-18-45-43(31)48-27-33)38-13-10-32(26-47-38)50-19-3-6-40(50)36-5-2-1-4-35(36)29-7-8-29/h1-2,4-5,9-15,18,22-24,26-29,40,46H,3,6-8,16-17,19-21,25H2,(H,45,48)(H,49,52). The minimum absolute atomic E-state index is 0.0627. The van der Waals surface area contributed by atoms with Crippen LogP contribution in [-0.4, -0.2) is 60.5 Å². The zero-order valence-electron chi connectivity index (χ0n) is 32.2. The van der Waals surface area contributed by atoms with E-state index in [9.17, 15) is 23.3 Å². The number of fused-ring (bicyclic) bond motifs is 1. The largest absolute Gasteiger partial charge is 0.455 e. The number of sulfonamides is 1. The number of benzene rings is 3. The van der Waals surface area contributed by atoms with Crippen molar-refractivity contribution in [1.29, 1.82) is 0 Å². The summed E-state index contributed by atoms with van der Waals surface area (Å²) in [5, 5.41) is 15.9. The molecule has 14 nitrogen and oxygen atoms in total. The van der Waals surface area contributed by atoms with Crippen LogP contribution < -0.4 is 19.7 Å². The highest BCUT2D eigenvalue weighted by Gasteiger charge is 2.33. The normalized spacial score (nSPS) is 17.2. The Hall–Kier alpha value is -6.32. The number of H-pyrrole nitrogens is 1. The molecule has 59 heavy (non-hydrogen) atoms. The van der Waals surface area contributed by atoms with Gasteiger partial charge in [-0.05, 0) is 110 Å². The van der Waals surface area contributed by atoms with Crippen LogP contribution >= 0.6 is 0 Å². The Morgan fingerprint density at radius 1 is 0.932 bits per heavy atom. The van der Waals surface area contributed by atoms with Crippen LogP contribution in [0.5, 0.6) is 11.5 Å². The van der Waals surface area contributed by atoms with Crippen LogP contribution in [-0.2, 0) is 14.8 Å². The van der Waals surface area contributed by atoms with Crippen LogP contribution in [0.15, 0.2) is 108 Å². The lowest BCUT2D eigenvalue weighted by Crippen LogP contribution is -2.31. The molecule has 0 spiro atoms. The molecule has 1 saturated carbocycles. The van der Waals surface area contributed by atoms with Crippen molar-refractivity contribution >= 4 is 44.0 Å². The van der Waals surface area contributed by atoms with E-state index in [0.717, 1.165) is 49.4 Å². The monoisotopic (exact) mass is 813 g/mol. The SMILES string of the molecule is O=C(NS(=O)(=O)c1ccc(NCC2CCOCC2)c([N+](=O)[O-])c1)c1ccc(-c2ccc(N3CCCC3c3ccccc3C3CC3)cn2)cc1Oc1cnc2[nH]ccc2c1. The van der Waals surface area contributed by atoms with Gasteiger partial charge in [0.2, 0.25) is 0 Å². The van der Waals surface area contributed by atoms with Gasteiger partial charge in [0.1, 0.15) is 22.8 Å². The number of pyridine rings is 2. The lowest BCUT2D eigenvalue weighted by Gasteiger charge is -2.28. The van der Waals surface area contributed by atoms with E-state index in [1.54, 1.807) is 24.4 Å². The van der Waals surface area contributed by atoms with E-state index in [-0.39, 0.29) is 29.0 Å². The lowest BCUT2D eigenvalue weighted by molar-refractivity contribution is -0.384. The molecule has 1 amide bonds. The Labute approximate surface area is 341 Å². The van der Waals surface area contributed by atoms with Gasteiger partial charge in [0.15, 0.2) is 0 Å². The van der Waals surface area contributed by atoms with E-state index in [1.807, 2.05) is 18.3 Å². The lowest BCUT2D eigenvalue weighted by atomic mass is 9.95. The summed E-state index contributed by atoms with van der Waals surface area (Å²) in [4.78, 5) is 39.5. The predicted molar refractivity (Wildman–Crippen MR) is 223 cm³/mol. The quantitative estimate of drug-likeness (QED) is 0.0751. The molecule has 1 atom stereocenters. The number of ether oxygens (including phenoxy) is 2. The third-order valence-corrected chi connectivity index (χ3v) is 12.8. The average molecular weight is 814 g/mol. The molecule has 3 aromatic heterocycles. The molecule has 1 aliphatic carbocycles. The molecule has 1 unspecified atom stereocenters. The van der Waals surface area contributed by atoms with Crippen molar-refractivity contribution in [3.63, 3.8) is 0 Å². The highest BCUT2D eigenvalue weighted by atomic mass is 32.2. The first kappa shape index (κ1) is 38.2. The number of nitrogens with zero attached hydrogens (tertiary/aromatic N) is 4. The van der Waals surface area contributed by atoms with Crippen LogP contribution in [0.3, 0.4) is 0 Å². The number of hydrogen-bond acceptors (Lipinski definition) is 11. The molecule has 0 radical (unpaired) electrons. The number of nitro benzene ring substituents is 1. The van der Waals surface area contributed by atoms with E-state index < -0.39 is 31.4 Å². The van der Waals surface area contributed by atoms with Gasteiger partial charge in [-0.2, -0.15) is 0 Å². The topological polar surface area (TPSA) is 182 Å². The summed E-state index contributed by atoms with van der Waals surface area (Å²) in [5.41, 5.74) is 5.47. The molecule has 3 aliphatic rings. The number of aromatic nitrogens is 3. The number of anilines is 2. The van der Waals surface area contributed by atoms with Crippen molar-refractivity contribution in [2.45, 2.75) is 55.4 Å². The van der Waals surface area contributed by atoms with E-state index >= 15 is 0 Å². The minimum Gasteiger partial charge on any atom is -0.455 e. The number of rotatable bonds is 13. The van der Waals surface area contributed by atoms with Gasteiger partial charge >= 0.3 is 0 Å². The Morgan fingerprint density at radius 3 is 2.54 bits per heavy atom. The predicted octanol–water partition coefficient (Wildman–Crippen LogP) is 8.50. The maximum Gasteiger partial charge on any atom is 0.293 e. The summed E-state index contributed by atoms with van der Waals surface area (Å²) in [6.45, 7) is 2.66. The third-order valence-electron chi connectivity index (χ3n) is 11.5. The van der Waals surface area contributed by atoms with Gasteiger partial charge in [0.05, 0.1) is 45.2 Å². The van der Waals surface area contributed by atoms with Gasteiger partial charge in [-0.3, -0.25) is 19.9 Å². The summed E-state index contributed by atoms with van der Waals surface area (Å²) in [6, 6.07) is 25.0. The van der Waals surface area contributed by atoms with Crippen molar-refractivity contribution < 1.29 is 27.6 Å². The molecular formula is C44H43N7O7S. The number of hydrogen-bond donors (Lipinski definition) is 3. The maximum atomic E-state index is 13.9. The van der Waals surface area contributed by atoms with Crippen LogP contribution in [0.1, 0.15) is 72.0 Å². The number of carbonyl (C=O) groups is 1. The van der Waals surface area contributed by atoms with Crippen molar-refractivity contribution in [3.8, 4) is 22.8 Å². The number of nitro groups is 1. The molecule has 5 heterocycles. The molecule has 302 valence electrons. The fourth-order valence-electron chi connectivity index (χ4n) is 8.18. The summed E-state index contributed by atoms with van der Waals surface area (Å²) in [7, 11) is -4.57. The van der Waals surface area contributed by atoms with Crippen LogP contribution in [0.4, 0.5) is 17.1 Å². The number of amides is 1. The van der Waals surface area contributed by atoms with E-state index in [2.05, 4.69) is 55.2 Å². The van der Waals surface area contributed by atoms with Crippen molar-refractivity contribution in [2.24, 2.45) is 5.92 Å². The van der Waals surface area contributed by atoms with Gasteiger partial charge in [-0.25, -0.2) is 18.1 Å². The van der Waals surface area contributed by atoms with Gasteiger partial charge in [0, 0.05) is 49.5 Å². The first-order valence-electron chi connectivity index (χ1n) is 19.9. The second-order valence-corrected chi connectivity index (χ2v) is 17.0. The number of nitrogens with one attached hydrogen (secondary N) is 3. The zero-order chi connectivity index (χ0) is 40.5. The Kier molecular flexibility index (Phi) is 10.5. The first-order valence-corrected chi connectivity index (χ1v) is 21.4. The fraction of sp³-hybridized carbons (Fsp3) is 0.295. The smallest absolute Gasteiger partial charge is 0.293 e. The summed E-state index contributed by atoms with van der Waals surface area (Å²) in [6.07, 6.45) is 11.4. The van der Waals surface area contributed by atoms with Crippen molar-refractivity contribution in [1.82, 2.24) is 19.7 Å². The number of aromatic amines is 1. The van der Waals surface area contributed by atoms with Gasteiger partial charge in [-0.15, -0.1) is 0 Å². The molecule has 0 bridgehead atoms. The Bertz CT molecular complexity index is 2640. The van der Waals surface area contributed by atoms with Crippen LogP contribution in [0.2, 0.25) is 0 Å². The maximum absolute atomic E-state index is 13.9. The second-order valence-electron chi connectivity index (χ2n) is 15.4. The first-order chi connectivity index (χ1) is 28.7. The molecule has 3 N–H and O–H groups in total. The summed E-state index contributed by atoms with van der Waals surface area (Å²) in [5.74, 6) is 0.321. The molecule has 6 aromatic rings. The Morgan fingerprint density at radius 2 is 1.76 bits per heavy atom. The average Bonchev–Trinajstić information content (AvgIpc) is 3.79. The second kappa shape index (κ2) is 16.1. The molecule has 2 saturated heterocycles. The molecule has 9 rings (SSSR count). The van der Waals surface area contributed by atoms with E-state index in [4.69, 9.17) is 14.5 Å². The molecule has 2 aliphatic heterocycles. The molecule has 3 aromatic carbocycles. The van der Waals surface area contributed by atoms with E-state index in [0.29, 0.717) is 48.3 Å². The zero-order valence-corrected chi connectivity index (χ0v) is 33.0. The molecular weight excluding hydrogens is 771 g/mol. The number of carbonyl (C=O) groups excluding carboxylic acids is 1. The van der Waals surface area contributed by atoms with Gasteiger partial charge in [0.25, 0.3) is 21.6 Å². The summed E-state index contributed by atoms with van der Waals surface area (Å²) < 4.78 is 41.0. The molecule has 3 fully saturated rings. The molecule has 15 heteroatoms. The van der Waals surface area contributed by atoms with Crippen molar-refractivity contribution in [3.05, 3.63) is 130 Å². The highest BCUT2D eigenvalue weighted by molar-refractivity contribution is 7.90.